The van der Waals surface area contributed by atoms with E-state index in [2.05, 4.69) is 19.8 Å². The summed E-state index contributed by atoms with van der Waals surface area (Å²) in [5, 5.41) is 5.45. The van der Waals surface area contributed by atoms with Crippen molar-refractivity contribution >= 4 is 39.2 Å². The molecule has 0 aliphatic heterocycles. The Morgan fingerprint density at radius 2 is 1.83 bits per heavy atom. The number of nitrogens with zero attached hydrogens (tertiary/aromatic N) is 4. The van der Waals surface area contributed by atoms with E-state index in [0.29, 0.717) is 28.1 Å². The van der Waals surface area contributed by atoms with Crippen molar-refractivity contribution in [2.45, 2.75) is 22.5 Å². The van der Waals surface area contributed by atoms with E-state index in [1.54, 1.807) is 35.1 Å². The van der Waals surface area contributed by atoms with Gasteiger partial charge in [0.25, 0.3) is 5.78 Å². The molecule has 0 unspecified atom stereocenters. The smallest absolute Gasteiger partial charge is 0.220 e. The highest BCUT2D eigenvalue weighted by atomic mass is 35.5. The number of thioether (sulfide) groups is 1. The van der Waals surface area contributed by atoms with Gasteiger partial charge in [-0.05, 0) is 42.3 Å². The first-order valence-corrected chi connectivity index (χ1v) is 12.0. The van der Waals surface area contributed by atoms with Gasteiger partial charge in [-0.2, -0.15) is 4.98 Å². The molecule has 4 rings (SSSR count). The van der Waals surface area contributed by atoms with Crippen LogP contribution in [0.4, 0.5) is 0 Å². The summed E-state index contributed by atoms with van der Waals surface area (Å²) in [6.45, 7) is 0. The largest absolute Gasteiger partial charge is 0.253 e. The van der Waals surface area contributed by atoms with Crippen molar-refractivity contribution < 1.29 is 8.42 Å². The number of rotatable bonds is 8. The molecule has 0 radical (unpaired) electrons. The Kier molecular flexibility index (Phi) is 6.33. The third kappa shape index (κ3) is 4.99. The molecule has 0 fully saturated rings. The fraction of sp³-hybridized carbons (Fsp3) is 0.150. The molecule has 0 spiro atoms. The SMILES string of the molecule is O=S(=O)(N[C@@H](CCSc1nc2ncccn2n1)c1ccccc1)c1ccc(Cl)cc1. The minimum Gasteiger partial charge on any atom is -0.220 e. The Hall–Kier alpha value is -2.46. The maximum absolute atomic E-state index is 12.9. The van der Waals surface area contributed by atoms with Crippen LogP contribution in [0.15, 0.2) is 83.1 Å². The number of benzene rings is 2. The number of hydrogen-bond acceptors (Lipinski definition) is 6. The van der Waals surface area contributed by atoms with Crippen LogP contribution in [0.5, 0.6) is 0 Å². The summed E-state index contributed by atoms with van der Waals surface area (Å²) in [6.07, 6.45) is 4.01. The van der Waals surface area contributed by atoms with Crippen LogP contribution < -0.4 is 4.72 Å². The van der Waals surface area contributed by atoms with E-state index in [1.165, 1.54) is 23.9 Å². The lowest BCUT2D eigenvalue weighted by atomic mass is 10.1. The molecular formula is C20H18ClN5O2S2. The molecule has 1 atom stereocenters. The lowest BCUT2D eigenvalue weighted by molar-refractivity contribution is 0.551. The van der Waals surface area contributed by atoms with E-state index in [1.807, 2.05) is 30.3 Å². The predicted octanol–water partition coefficient (Wildman–Crippen LogP) is 3.98. The van der Waals surface area contributed by atoms with Crippen molar-refractivity contribution in [1.82, 2.24) is 24.3 Å². The Morgan fingerprint density at radius 1 is 1.07 bits per heavy atom. The van der Waals surface area contributed by atoms with Gasteiger partial charge < -0.3 is 0 Å². The molecule has 0 amide bonds. The van der Waals surface area contributed by atoms with Crippen LogP contribution in [0.3, 0.4) is 0 Å². The molecule has 2 aromatic carbocycles. The fourth-order valence-electron chi connectivity index (χ4n) is 2.89. The van der Waals surface area contributed by atoms with Crippen molar-refractivity contribution in [1.29, 1.82) is 0 Å². The van der Waals surface area contributed by atoms with Crippen LogP contribution in [-0.4, -0.2) is 33.8 Å². The van der Waals surface area contributed by atoms with Crippen LogP contribution in [0.2, 0.25) is 5.02 Å². The van der Waals surface area contributed by atoms with Crippen LogP contribution in [-0.2, 0) is 10.0 Å². The molecule has 1 N–H and O–H groups in total. The molecule has 0 aliphatic rings. The van der Waals surface area contributed by atoms with Gasteiger partial charge in [-0.3, -0.25) is 0 Å². The second-order valence-electron chi connectivity index (χ2n) is 6.43. The van der Waals surface area contributed by atoms with Gasteiger partial charge in [-0.1, -0.05) is 53.7 Å². The first kappa shape index (κ1) is 20.8. The molecule has 7 nitrogen and oxygen atoms in total. The topological polar surface area (TPSA) is 89.2 Å². The van der Waals surface area contributed by atoms with Crippen LogP contribution in [0, 0.1) is 0 Å². The minimum atomic E-state index is -3.70. The number of fused-ring (bicyclic) bond motifs is 1. The van der Waals surface area contributed by atoms with Gasteiger partial charge in [-0.25, -0.2) is 22.6 Å². The fourth-order valence-corrected chi connectivity index (χ4v) is 5.10. The Morgan fingerprint density at radius 3 is 2.57 bits per heavy atom. The Labute approximate surface area is 183 Å². The molecule has 0 saturated carbocycles. The molecule has 0 aliphatic carbocycles. The zero-order chi connectivity index (χ0) is 21.0. The highest BCUT2D eigenvalue weighted by molar-refractivity contribution is 7.99. The maximum Gasteiger partial charge on any atom is 0.253 e. The summed E-state index contributed by atoms with van der Waals surface area (Å²) >= 11 is 7.34. The van der Waals surface area contributed by atoms with Gasteiger partial charge in [0.1, 0.15) is 0 Å². The van der Waals surface area contributed by atoms with Crippen LogP contribution in [0.1, 0.15) is 18.0 Å². The zero-order valence-electron chi connectivity index (χ0n) is 15.7. The quantitative estimate of drug-likeness (QED) is 0.401. The number of sulfonamides is 1. The van der Waals surface area contributed by atoms with Crippen molar-refractivity contribution in [3.05, 3.63) is 83.6 Å². The molecule has 2 aromatic heterocycles. The molecule has 2 heterocycles. The van der Waals surface area contributed by atoms with E-state index >= 15 is 0 Å². The summed E-state index contributed by atoms with van der Waals surface area (Å²) < 4.78 is 30.2. The second-order valence-corrected chi connectivity index (χ2v) is 9.65. The van der Waals surface area contributed by atoms with E-state index < -0.39 is 16.1 Å². The highest BCUT2D eigenvalue weighted by Gasteiger charge is 2.21. The predicted molar refractivity (Wildman–Crippen MR) is 117 cm³/mol. The molecular weight excluding hydrogens is 442 g/mol. The summed E-state index contributed by atoms with van der Waals surface area (Å²) in [7, 11) is -3.70. The van der Waals surface area contributed by atoms with Gasteiger partial charge in [0, 0.05) is 29.2 Å². The van der Waals surface area contributed by atoms with Gasteiger partial charge in [0.05, 0.1) is 4.90 Å². The lowest BCUT2D eigenvalue weighted by Gasteiger charge is -2.19. The van der Waals surface area contributed by atoms with Gasteiger partial charge in [0.15, 0.2) is 0 Å². The van der Waals surface area contributed by atoms with E-state index in [4.69, 9.17) is 11.6 Å². The van der Waals surface area contributed by atoms with Gasteiger partial charge in [-0.15, -0.1) is 5.10 Å². The summed E-state index contributed by atoms with van der Waals surface area (Å²) in [4.78, 5) is 8.70. The molecule has 4 aromatic rings. The molecule has 0 saturated heterocycles. The monoisotopic (exact) mass is 459 g/mol. The molecule has 30 heavy (non-hydrogen) atoms. The van der Waals surface area contributed by atoms with Crippen molar-refractivity contribution in [2.24, 2.45) is 0 Å². The highest BCUT2D eigenvalue weighted by Crippen LogP contribution is 2.25. The van der Waals surface area contributed by atoms with Crippen LogP contribution >= 0.6 is 23.4 Å². The summed E-state index contributed by atoms with van der Waals surface area (Å²) in [5.41, 5.74) is 0.889. The number of aromatic nitrogens is 4. The van der Waals surface area contributed by atoms with Crippen molar-refractivity contribution in [3.8, 4) is 0 Å². The molecule has 154 valence electrons. The third-order valence-corrected chi connectivity index (χ3v) is 6.97. The van der Waals surface area contributed by atoms with Crippen LogP contribution in [0.25, 0.3) is 5.78 Å². The third-order valence-electron chi connectivity index (χ3n) is 4.36. The number of hydrogen-bond donors (Lipinski definition) is 1. The average molecular weight is 460 g/mol. The molecule has 10 heteroatoms. The minimum absolute atomic E-state index is 0.175. The first-order chi connectivity index (χ1) is 14.5. The van der Waals surface area contributed by atoms with E-state index in [0.717, 1.165) is 5.56 Å². The Balaban J connectivity index is 1.49. The lowest BCUT2D eigenvalue weighted by Crippen LogP contribution is -2.29. The van der Waals surface area contributed by atoms with Crippen molar-refractivity contribution in [2.75, 3.05) is 5.75 Å². The molecule has 0 bridgehead atoms. The standard InChI is InChI=1S/C20H18ClN5O2S2/c21-16-7-9-17(10-8-16)30(27,28)25-18(15-5-2-1-3-6-15)11-14-29-20-23-19-22-12-4-13-26(19)24-20/h1-10,12-13,18,25H,11,14H2/t18-/m0/s1. The number of halogens is 1. The first-order valence-electron chi connectivity index (χ1n) is 9.14. The summed E-state index contributed by atoms with van der Waals surface area (Å²) in [6, 6.07) is 17.0. The van der Waals surface area contributed by atoms with Gasteiger partial charge in [0.2, 0.25) is 15.2 Å². The summed E-state index contributed by atoms with van der Waals surface area (Å²) in [5.74, 6) is 1.16. The zero-order valence-corrected chi connectivity index (χ0v) is 18.1. The maximum atomic E-state index is 12.9. The second kappa shape index (κ2) is 9.13. The van der Waals surface area contributed by atoms with Gasteiger partial charge >= 0.3 is 0 Å². The number of nitrogens with one attached hydrogen (secondary N) is 1. The van der Waals surface area contributed by atoms with E-state index in [9.17, 15) is 8.42 Å². The van der Waals surface area contributed by atoms with E-state index in [-0.39, 0.29) is 4.90 Å². The normalized spacial score (nSPS) is 12.8. The average Bonchev–Trinajstić information content (AvgIpc) is 3.17. The van der Waals surface area contributed by atoms with Crippen molar-refractivity contribution in [3.63, 3.8) is 0 Å². The Bertz CT molecular complexity index is 1200.